The standard InChI is InChI=1S/C10H12BrNO2/c1-6-5-8(3-4-9(6)11)12-7(2)10(13)14/h3-5,7,12H,1-2H3,(H,13,14). The SMILES string of the molecule is Cc1cc(NC(C)C(=O)O)ccc1Br. The number of carboxylic acids is 1. The van der Waals surface area contributed by atoms with E-state index in [4.69, 9.17) is 5.11 Å². The summed E-state index contributed by atoms with van der Waals surface area (Å²) < 4.78 is 1.02. The first-order valence-electron chi connectivity index (χ1n) is 4.26. The maximum atomic E-state index is 10.6. The molecule has 0 heterocycles. The molecule has 3 nitrogen and oxygen atoms in total. The number of hydrogen-bond acceptors (Lipinski definition) is 2. The Kier molecular flexibility index (Phi) is 3.52. The number of rotatable bonds is 3. The summed E-state index contributed by atoms with van der Waals surface area (Å²) >= 11 is 3.38. The summed E-state index contributed by atoms with van der Waals surface area (Å²) in [7, 11) is 0. The van der Waals surface area contributed by atoms with Crippen LogP contribution in [-0.2, 0) is 4.79 Å². The molecule has 4 heteroatoms. The molecular weight excluding hydrogens is 246 g/mol. The van der Waals surface area contributed by atoms with Gasteiger partial charge in [-0.1, -0.05) is 15.9 Å². The first kappa shape index (κ1) is 11.0. The molecule has 1 unspecified atom stereocenters. The van der Waals surface area contributed by atoms with Crippen LogP contribution < -0.4 is 5.32 Å². The minimum atomic E-state index is -0.856. The number of nitrogens with one attached hydrogen (secondary N) is 1. The highest BCUT2D eigenvalue weighted by atomic mass is 79.9. The highest BCUT2D eigenvalue weighted by molar-refractivity contribution is 9.10. The number of anilines is 1. The van der Waals surface area contributed by atoms with Gasteiger partial charge in [0.1, 0.15) is 6.04 Å². The van der Waals surface area contributed by atoms with Crippen molar-refractivity contribution in [3.05, 3.63) is 28.2 Å². The Morgan fingerprint density at radius 3 is 2.71 bits per heavy atom. The van der Waals surface area contributed by atoms with E-state index in [0.29, 0.717) is 0 Å². The van der Waals surface area contributed by atoms with Crippen molar-refractivity contribution in [2.75, 3.05) is 5.32 Å². The highest BCUT2D eigenvalue weighted by Crippen LogP contribution is 2.20. The van der Waals surface area contributed by atoms with E-state index >= 15 is 0 Å². The van der Waals surface area contributed by atoms with Gasteiger partial charge in [-0.25, -0.2) is 0 Å². The van der Waals surface area contributed by atoms with Gasteiger partial charge in [0.15, 0.2) is 0 Å². The number of carboxylic acid groups (broad SMARTS) is 1. The summed E-state index contributed by atoms with van der Waals surface area (Å²) in [6.45, 7) is 3.57. The third-order valence-electron chi connectivity index (χ3n) is 1.91. The van der Waals surface area contributed by atoms with E-state index in [0.717, 1.165) is 15.7 Å². The molecule has 14 heavy (non-hydrogen) atoms. The summed E-state index contributed by atoms with van der Waals surface area (Å²) in [6, 6.07) is 5.07. The van der Waals surface area contributed by atoms with Crippen LogP contribution in [0.5, 0.6) is 0 Å². The van der Waals surface area contributed by atoms with Crippen molar-refractivity contribution in [1.29, 1.82) is 0 Å². The number of benzene rings is 1. The second-order valence-corrected chi connectivity index (χ2v) is 4.02. The summed E-state index contributed by atoms with van der Waals surface area (Å²) in [6.07, 6.45) is 0. The molecule has 0 aliphatic heterocycles. The Labute approximate surface area is 91.3 Å². The highest BCUT2D eigenvalue weighted by Gasteiger charge is 2.09. The van der Waals surface area contributed by atoms with Crippen molar-refractivity contribution in [1.82, 2.24) is 0 Å². The lowest BCUT2D eigenvalue weighted by Crippen LogP contribution is -2.25. The maximum absolute atomic E-state index is 10.6. The van der Waals surface area contributed by atoms with Gasteiger partial charge >= 0.3 is 5.97 Å². The van der Waals surface area contributed by atoms with Crippen LogP contribution in [0.2, 0.25) is 0 Å². The van der Waals surface area contributed by atoms with E-state index < -0.39 is 12.0 Å². The lowest BCUT2D eigenvalue weighted by Gasteiger charge is -2.11. The van der Waals surface area contributed by atoms with Crippen molar-refractivity contribution in [2.24, 2.45) is 0 Å². The Balaban J connectivity index is 2.78. The van der Waals surface area contributed by atoms with Crippen molar-refractivity contribution in [3.8, 4) is 0 Å². The smallest absolute Gasteiger partial charge is 0.325 e. The summed E-state index contributed by atoms with van der Waals surface area (Å²) in [5, 5.41) is 11.6. The fourth-order valence-electron chi connectivity index (χ4n) is 1.05. The maximum Gasteiger partial charge on any atom is 0.325 e. The molecule has 1 rings (SSSR count). The first-order chi connectivity index (χ1) is 6.50. The molecule has 0 saturated heterocycles. The number of carbonyl (C=O) groups is 1. The zero-order chi connectivity index (χ0) is 10.7. The summed E-state index contributed by atoms with van der Waals surface area (Å²) in [4.78, 5) is 10.6. The van der Waals surface area contributed by atoms with Gasteiger partial charge in [0.25, 0.3) is 0 Å². The van der Waals surface area contributed by atoms with Crippen LogP contribution in [0.3, 0.4) is 0 Å². The molecule has 0 bridgehead atoms. The summed E-state index contributed by atoms with van der Waals surface area (Å²) in [5.41, 5.74) is 1.90. The summed E-state index contributed by atoms with van der Waals surface area (Å²) in [5.74, 6) is -0.856. The van der Waals surface area contributed by atoms with Crippen molar-refractivity contribution >= 4 is 27.6 Å². The van der Waals surface area contributed by atoms with E-state index in [1.165, 1.54) is 0 Å². The molecule has 1 aromatic rings. The third kappa shape index (κ3) is 2.73. The van der Waals surface area contributed by atoms with Crippen LogP contribution in [-0.4, -0.2) is 17.1 Å². The van der Waals surface area contributed by atoms with Crippen LogP contribution in [0.15, 0.2) is 22.7 Å². The van der Waals surface area contributed by atoms with Crippen molar-refractivity contribution < 1.29 is 9.90 Å². The van der Waals surface area contributed by atoms with Gasteiger partial charge in [-0.2, -0.15) is 0 Å². The molecule has 0 aliphatic carbocycles. The molecule has 0 radical (unpaired) electrons. The quantitative estimate of drug-likeness (QED) is 0.876. The topological polar surface area (TPSA) is 49.3 Å². The van der Waals surface area contributed by atoms with Gasteiger partial charge in [-0.05, 0) is 37.6 Å². The normalized spacial score (nSPS) is 12.2. The minimum absolute atomic E-state index is 0.574. The van der Waals surface area contributed by atoms with Gasteiger partial charge in [-0.15, -0.1) is 0 Å². The minimum Gasteiger partial charge on any atom is -0.480 e. The largest absolute Gasteiger partial charge is 0.480 e. The zero-order valence-corrected chi connectivity index (χ0v) is 9.63. The van der Waals surface area contributed by atoms with Gasteiger partial charge in [0.2, 0.25) is 0 Å². The van der Waals surface area contributed by atoms with Crippen LogP contribution in [0.4, 0.5) is 5.69 Å². The van der Waals surface area contributed by atoms with Crippen molar-refractivity contribution in [3.63, 3.8) is 0 Å². The number of aryl methyl sites for hydroxylation is 1. The Hall–Kier alpha value is -1.03. The Bertz CT molecular complexity index is 352. The fraction of sp³-hybridized carbons (Fsp3) is 0.300. The molecule has 0 fully saturated rings. The van der Waals surface area contributed by atoms with Crippen LogP contribution >= 0.6 is 15.9 Å². The monoisotopic (exact) mass is 257 g/mol. The van der Waals surface area contributed by atoms with Gasteiger partial charge in [0.05, 0.1) is 0 Å². The zero-order valence-electron chi connectivity index (χ0n) is 8.04. The molecule has 76 valence electrons. The van der Waals surface area contributed by atoms with Gasteiger partial charge in [-0.3, -0.25) is 4.79 Å². The molecule has 1 atom stereocenters. The second kappa shape index (κ2) is 4.46. The van der Waals surface area contributed by atoms with Crippen LogP contribution in [0.25, 0.3) is 0 Å². The molecule has 1 aromatic carbocycles. The molecule has 0 spiro atoms. The van der Waals surface area contributed by atoms with E-state index in [9.17, 15) is 4.79 Å². The lowest BCUT2D eigenvalue weighted by atomic mass is 10.2. The third-order valence-corrected chi connectivity index (χ3v) is 2.80. The fourth-order valence-corrected chi connectivity index (χ4v) is 1.29. The van der Waals surface area contributed by atoms with Crippen LogP contribution in [0, 0.1) is 6.92 Å². The predicted molar refractivity (Wildman–Crippen MR) is 59.6 cm³/mol. The second-order valence-electron chi connectivity index (χ2n) is 3.17. The average Bonchev–Trinajstić information content (AvgIpc) is 2.11. The molecule has 0 aliphatic rings. The molecule has 2 N–H and O–H groups in total. The Morgan fingerprint density at radius 2 is 2.21 bits per heavy atom. The van der Waals surface area contributed by atoms with Crippen LogP contribution in [0.1, 0.15) is 12.5 Å². The predicted octanol–water partition coefficient (Wildman–Crippen LogP) is 2.64. The van der Waals surface area contributed by atoms with Gasteiger partial charge in [0, 0.05) is 10.2 Å². The lowest BCUT2D eigenvalue weighted by molar-refractivity contribution is -0.137. The molecule has 0 amide bonds. The molecule has 0 aromatic heterocycles. The van der Waals surface area contributed by atoms with E-state index in [1.807, 2.05) is 25.1 Å². The molecular formula is C10H12BrNO2. The van der Waals surface area contributed by atoms with Gasteiger partial charge < -0.3 is 10.4 Å². The van der Waals surface area contributed by atoms with E-state index in [2.05, 4.69) is 21.2 Å². The molecule has 0 saturated carbocycles. The average molecular weight is 258 g/mol. The van der Waals surface area contributed by atoms with Crippen molar-refractivity contribution in [2.45, 2.75) is 19.9 Å². The Morgan fingerprint density at radius 1 is 1.57 bits per heavy atom. The number of hydrogen-bond donors (Lipinski definition) is 2. The van der Waals surface area contributed by atoms with E-state index in [1.54, 1.807) is 6.92 Å². The first-order valence-corrected chi connectivity index (χ1v) is 5.05. The number of aliphatic carboxylic acids is 1. The number of halogens is 1. The van der Waals surface area contributed by atoms with E-state index in [-0.39, 0.29) is 0 Å².